The topological polar surface area (TPSA) is 98.2 Å². The molecule has 0 unspecified atom stereocenters. The Bertz CT molecular complexity index is 1670. The van der Waals surface area contributed by atoms with Gasteiger partial charge in [-0.05, 0) is 52.2 Å². The van der Waals surface area contributed by atoms with E-state index in [0.717, 1.165) is 16.5 Å². The first kappa shape index (κ1) is 25.7. The number of halogens is 1. The molecule has 10 heteroatoms. The summed E-state index contributed by atoms with van der Waals surface area (Å²) in [6.45, 7) is 4.41. The Hall–Kier alpha value is -4.57. The van der Waals surface area contributed by atoms with Gasteiger partial charge in [0.05, 0.1) is 18.1 Å². The van der Waals surface area contributed by atoms with Crippen molar-refractivity contribution in [2.45, 2.75) is 39.0 Å². The van der Waals surface area contributed by atoms with E-state index in [0.29, 0.717) is 67.7 Å². The van der Waals surface area contributed by atoms with Gasteiger partial charge in [-0.25, -0.2) is 9.07 Å². The third-order valence-electron chi connectivity index (χ3n) is 7.12. The molecule has 0 saturated heterocycles. The Morgan fingerprint density at radius 3 is 2.48 bits per heavy atom. The van der Waals surface area contributed by atoms with Crippen molar-refractivity contribution in [1.82, 2.24) is 30.1 Å². The number of rotatable bonds is 9. The van der Waals surface area contributed by atoms with Gasteiger partial charge in [-0.2, -0.15) is 0 Å². The zero-order valence-electron chi connectivity index (χ0n) is 22.1. The van der Waals surface area contributed by atoms with E-state index in [-0.39, 0.29) is 17.4 Å². The number of aromatic nitrogens is 5. The first-order valence-corrected chi connectivity index (χ1v) is 13.3. The minimum Gasteiger partial charge on any atom is -0.486 e. The number of hydrogen-bond donors (Lipinski definition) is 1. The normalized spacial score (nSPS) is 13.6. The fourth-order valence-electron chi connectivity index (χ4n) is 5.15. The highest BCUT2D eigenvalue weighted by atomic mass is 19.1. The molecule has 2 aromatic heterocycles. The quantitative estimate of drug-likeness (QED) is 0.291. The van der Waals surface area contributed by atoms with Crippen LogP contribution in [0.2, 0.25) is 0 Å². The molecule has 1 aliphatic heterocycles. The molecular formula is C30H29FN6O3. The Morgan fingerprint density at radius 2 is 1.73 bits per heavy atom. The summed E-state index contributed by atoms with van der Waals surface area (Å²) in [4.78, 5) is 18.5. The van der Waals surface area contributed by atoms with Crippen LogP contribution < -0.4 is 15.0 Å². The molecule has 0 saturated carbocycles. The molecule has 0 fully saturated rings. The zero-order valence-corrected chi connectivity index (χ0v) is 22.1. The Balaban J connectivity index is 1.35. The fraction of sp³-hybridized carbons (Fsp3) is 0.267. The molecule has 0 radical (unpaired) electrons. The Morgan fingerprint density at radius 1 is 0.975 bits per heavy atom. The van der Waals surface area contributed by atoms with Crippen LogP contribution in [0.3, 0.4) is 0 Å². The van der Waals surface area contributed by atoms with E-state index < -0.39 is 0 Å². The van der Waals surface area contributed by atoms with Gasteiger partial charge in [0, 0.05) is 30.1 Å². The predicted octanol–water partition coefficient (Wildman–Crippen LogP) is 4.63. The second kappa shape index (κ2) is 11.3. The highest BCUT2D eigenvalue weighted by Gasteiger charge is 2.26. The van der Waals surface area contributed by atoms with Gasteiger partial charge < -0.3 is 14.5 Å². The Labute approximate surface area is 230 Å². The molecule has 204 valence electrons. The van der Waals surface area contributed by atoms with Crippen molar-refractivity contribution in [3.8, 4) is 11.5 Å². The Kier molecular flexibility index (Phi) is 7.24. The van der Waals surface area contributed by atoms with E-state index in [1.807, 2.05) is 36.4 Å². The maximum Gasteiger partial charge on any atom is 0.252 e. The molecule has 1 aliphatic rings. The molecule has 40 heavy (non-hydrogen) atoms. The highest BCUT2D eigenvalue weighted by molar-refractivity contribution is 5.83. The maximum atomic E-state index is 13.5. The summed E-state index contributed by atoms with van der Waals surface area (Å²) in [5.41, 5.74) is 3.15. The fourth-order valence-corrected chi connectivity index (χ4v) is 5.15. The lowest BCUT2D eigenvalue weighted by molar-refractivity contribution is 0.161. The van der Waals surface area contributed by atoms with Gasteiger partial charge in [-0.15, -0.1) is 5.10 Å². The summed E-state index contributed by atoms with van der Waals surface area (Å²) < 4.78 is 26.7. The highest BCUT2D eigenvalue weighted by Crippen LogP contribution is 2.34. The van der Waals surface area contributed by atoms with E-state index in [1.54, 1.807) is 16.8 Å². The van der Waals surface area contributed by atoms with Crippen LogP contribution in [0, 0.1) is 5.82 Å². The van der Waals surface area contributed by atoms with Crippen LogP contribution in [0.4, 0.5) is 4.39 Å². The number of pyridine rings is 1. The van der Waals surface area contributed by atoms with E-state index in [2.05, 4.69) is 44.5 Å². The van der Waals surface area contributed by atoms with E-state index in [4.69, 9.17) is 9.47 Å². The van der Waals surface area contributed by atoms with Crippen LogP contribution in [0.1, 0.15) is 41.9 Å². The SMILES string of the molecule is CC[C@@H](c1nnnn1Cc1ccc(F)cc1)N(Cc1ccccc1)Cc1cc2cc3c(cc2[nH]c1=O)OCCO3. The summed E-state index contributed by atoms with van der Waals surface area (Å²) in [7, 11) is 0. The molecular weight excluding hydrogens is 511 g/mol. The summed E-state index contributed by atoms with van der Waals surface area (Å²) in [6.07, 6.45) is 0.709. The first-order valence-electron chi connectivity index (χ1n) is 13.3. The molecule has 1 atom stereocenters. The van der Waals surface area contributed by atoms with Gasteiger partial charge in [0.1, 0.15) is 19.0 Å². The molecule has 0 spiro atoms. The van der Waals surface area contributed by atoms with Gasteiger partial charge in [-0.1, -0.05) is 49.4 Å². The van der Waals surface area contributed by atoms with Crippen LogP contribution >= 0.6 is 0 Å². The summed E-state index contributed by atoms with van der Waals surface area (Å²) >= 11 is 0. The number of tetrazole rings is 1. The van der Waals surface area contributed by atoms with E-state index >= 15 is 0 Å². The summed E-state index contributed by atoms with van der Waals surface area (Å²) in [5, 5.41) is 13.5. The second-order valence-electron chi connectivity index (χ2n) is 9.84. The van der Waals surface area contributed by atoms with Crippen molar-refractivity contribution in [3.05, 3.63) is 111 Å². The van der Waals surface area contributed by atoms with Crippen molar-refractivity contribution in [3.63, 3.8) is 0 Å². The van der Waals surface area contributed by atoms with Crippen molar-refractivity contribution in [2.24, 2.45) is 0 Å². The van der Waals surface area contributed by atoms with Crippen molar-refractivity contribution >= 4 is 10.9 Å². The van der Waals surface area contributed by atoms with Gasteiger partial charge in [-0.3, -0.25) is 9.69 Å². The minimum atomic E-state index is -0.290. The van der Waals surface area contributed by atoms with Crippen LogP contribution in [0.5, 0.6) is 11.5 Å². The van der Waals surface area contributed by atoms with Crippen molar-refractivity contribution < 1.29 is 13.9 Å². The molecule has 0 amide bonds. The van der Waals surface area contributed by atoms with Crippen LogP contribution in [-0.2, 0) is 19.6 Å². The average molecular weight is 541 g/mol. The molecule has 1 N–H and O–H groups in total. The van der Waals surface area contributed by atoms with Gasteiger partial charge in [0.2, 0.25) is 0 Å². The van der Waals surface area contributed by atoms with Crippen LogP contribution in [0.25, 0.3) is 10.9 Å². The third-order valence-corrected chi connectivity index (χ3v) is 7.12. The predicted molar refractivity (Wildman–Crippen MR) is 148 cm³/mol. The molecule has 0 aliphatic carbocycles. The zero-order chi connectivity index (χ0) is 27.5. The molecule has 3 heterocycles. The summed E-state index contributed by atoms with van der Waals surface area (Å²) in [6, 6.07) is 21.9. The first-order chi connectivity index (χ1) is 19.6. The standard InChI is InChI=1S/C30H29FN6O3/c1-2-26(29-33-34-35-37(29)18-21-8-10-24(31)11-9-21)36(17-20-6-4-3-5-7-20)19-23-14-22-15-27-28(40-13-12-39-27)16-25(22)32-30(23)38/h3-11,14-16,26H,2,12-13,17-19H2,1H3,(H,32,38)/t26-/m0/s1. The third kappa shape index (κ3) is 5.43. The number of fused-ring (bicyclic) bond motifs is 2. The van der Waals surface area contributed by atoms with Crippen LogP contribution in [-0.4, -0.2) is 43.3 Å². The number of benzene rings is 3. The number of nitrogens with zero attached hydrogens (tertiary/aromatic N) is 5. The second-order valence-corrected chi connectivity index (χ2v) is 9.84. The molecule has 5 aromatic rings. The number of hydrogen-bond acceptors (Lipinski definition) is 7. The maximum absolute atomic E-state index is 13.5. The lowest BCUT2D eigenvalue weighted by atomic mass is 10.1. The molecule has 6 rings (SSSR count). The van der Waals surface area contributed by atoms with Gasteiger partial charge >= 0.3 is 0 Å². The lowest BCUT2D eigenvalue weighted by Crippen LogP contribution is -2.32. The van der Waals surface area contributed by atoms with Crippen LogP contribution in [0.15, 0.2) is 77.6 Å². The van der Waals surface area contributed by atoms with E-state index in [1.165, 1.54) is 12.1 Å². The minimum absolute atomic E-state index is 0.164. The number of nitrogens with one attached hydrogen (secondary N) is 1. The number of H-pyrrole nitrogens is 1. The smallest absolute Gasteiger partial charge is 0.252 e. The monoisotopic (exact) mass is 540 g/mol. The largest absolute Gasteiger partial charge is 0.486 e. The van der Waals surface area contributed by atoms with Gasteiger partial charge in [0.25, 0.3) is 5.56 Å². The summed E-state index contributed by atoms with van der Waals surface area (Å²) in [5.74, 6) is 1.69. The van der Waals surface area contributed by atoms with Crippen molar-refractivity contribution in [2.75, 3.05) is 13.2 Å². The van der Waals surface area contributed by atoms with Gasteiger partial charge in [0.15, 0.2) is 17.3 Å². The molecule has 0 bridgehead atoms. The molecule has 3 aromatic carbocycles. The molecule has 9 nitrogen and oxygen atoms in total. The average Bonchev–Trinajstić information content (AvgIpc) is 3.42. The van der Waals surface area contributed by atoms with E-state index in [9.17, 15) is 9.18 Å². The number of aromatic amines is 1. The number of ether oxygens (including phenoxy) is 2. The lowest BCUT2D eigenvalue weighted by Gasteiger charge is -2.30. The van der Waals surface area contributed by atoms with Crippen molar-refractivity contribution in [1.29, 1.82) is 0 Å².